The summed E-state index contributed by atoms with van der Waals surface area (Å²) in [6, 6.07) is 0. The third-order valence-corrected chi connectivity index (χ3v) is 2.71. The van der Waals surface area contributed by atoms with Crippen LogP contribution in [0.15, 0.2) is 23.3 Å². The van der Waals surface area contributed by atoms with E-state index in [1.165, 1.54) is 0 Å². The standard InChI is InChI=1S/2C8H12O4.2CH3.Sn.2H/c2*1-2-3-4-6(8(11)12)5-7(9)10;;;;;/h2*5H,2-4H2,1H3,(H,9,10)(H,11,12);2*1H3;;;/q;;;;+4;;/p-4/b2*6-5-;;;;;. The first kappa shape index (κ1) is 29.9. The van der Waals surface area contributed by atoms with Gasteiger partial charge in [-0.05, 0) is 49.0 Å². The van der Waals surface area contributed by atoms with Crippen molar-refractivity contribution in [1.82, 2.24) is 0 Å². The summed E-state index contributed by atoms with van der Waals surface area (Å²) in [6.45, 7) is 3.76. The summed E-state index contributed by atoms with van der Waals surface area (Å²) in [4.78, 5) is 45.2. The van der Waals surface area contributed by atoms with Gasteiger partial charge in [-0.15, -0.1) is 0 Å². The van der Waals surface area contributed by atoms with Crippen LogP contribution < -0.4 is 20.4 Å². The molecule has 0 unspecified atom stereocenters. The van der Waals surface area contributed by atoms with Crippen LogP contribution in [0.5, 0.6) is 0 Å². The molecule has 0 heterocycles. The Bertz CT molecular complexity index is 477. The Kier molecular flexibility index (Phi) is 22.7. The van der Waals surface area contributed by atoms with Crippen LogP contribution in [0, 0.1) is 0 Å². The van der Waals surface area contributed by atoms with Gasteiger partial charge >= 0.3 is 31.0 Å². The predicted octanol–water partition coefficient (Wildman–Crippen LogP) is -2.54. The van der Waals surface area contributed by atoms with Gasteiger partial charge in [0.25, 0.3) is 0 Å². The Morgan fingerprint density at radius 1 is 0.704 bits per heavy atom. The van der Waals surface area contributed by atoms with Crippen LogP contribution >= 0.6 is 0 Å². The number of unbranched alkanes of at least 4 members (excludes halogenated alkanes) is 2. The monoisotopic (exact) mass is 492 g/mol. The number of carboxylic acids is 4. The molecule has 0 bridgehead atoms. The molecule has 0 spiro atoms. The Labute approximate surface area is 170 Å². The summed E-state index contributed by atoms with van der Waals surface area (Å²) >= 11 is -0.01000. The zero-order valence-electron chi connectivity index (χ0n) is 16.4. The van der Waals surface area contributed by atoms with Gasteiger partial charge in [0.05, 0.1) is 23.9 Å². The van der Waals surface area contributed by atoms with E-state index in [1.54, 1.807) is 0 Å². The number of carboxylic acid groups (broad SMARTS) is 4. The van der Waals surface area contributed by atoms with Gasteiger partial charge in [-0.3, -0.25) is 0 Å². The molecule has 0 atom stereocenters. The Balaban J connectivity index is -0.000000372. The van der Waals surface area contributed by atoms with E-state index < -0.39 is 23.9 Å². The normalized spacial score (nSPS) is 10.7. The zero-order valence-corrected chi connectivity index (χ0v) is 20.4. The van der Waals surface area contributed by atoms with E-state index in [-0.39, 0.29) is 45.1 Å². The van der Waals surface area contributed by atoms with Crippen LogP contribution in [0.3, 0.4) is 0 Å². The molecule has 9 heteroatoms. The molecule has 0 saturated heterocycles. The van der Waals surface area contributed by atoms with Crippen LogP contribution in [-0.2, 0) is 19.2 Å². The SMILES string of the molecule is CCCC/C(=C/C(=O)[O-])C(=O)[O-].CCCC/C(=C/C(=O)[O-])C(=O)[O-].[CH3][SnH2+4][CH3]. The van der Waals surface area contributed by atoms with Gasteiger partial charge in [0, 0.05) is 0 Å². The first-order valence-electron chi connectivity index (χ1n) is 8.82. The van der Waals surface area contributed by atoms with E-state index in [9.17, 15) is 39.6 Å². The van der Waals surface area contributed by atoms with E-state index in [0.717, 1.165) is 12.8 Å². The van der Waals surface area contributed by atoms with Crippen molar-refractivity contribution in [3.63, 3.8) is 0 Å². The number of rotatable bonds is 10. The molecule has 0 aromatic carbocycles. The molecule has 0 aromatic rings. The van der Waals surface area contributed by atoms with Crippen molar-refractivity contribution >= 4 is 45.0 Å². The van der Waals surface area contributed by atoms with Gasteiger partial charge in [0.1, 0.15) is 0 Å². The van der Waals surface area contributed by atoms with Crippen molar-refractivity contribution in [3.05, 3.63) is 23.3 Å². The van der Waals surface area contributed by atoms with Gasteiger partial charge in [0.15, 0.2) is 0 Å². The van der Waals surface area contributed by atoms with E-state index in [2.05, 4.69) is 9.88 Å². The number of hydrogen-bond donors (Lipinski definition) is 0. The molecule has 152 valence electrons. The molecular formula is C18H28O8Sn. The van der Waals surface area contributed by atoms with Crippen molar-refractivity contribution in [2.24, 2.45) is 0 Å². The Hall–Kier alpha value is -1.84. The van der Waals surface area contributed by atoms with Crippen LogP contribution in [0.25, 0.3) is 0 Å². The van der Waals surface area contributed by atoms with Crippen molar-refractivity contribution in [2.75, 3.05) is 0 Å². The van der Waals surface area contributed by atoms with Gasteiger partial charge in [-0.2, -0.15) is 0 Å². The first-order valence-corrected chi connectivity index (χ1v) is 16.9. The minimum absolute atomic E-state index is 0.01000. The number of aliphatic carboxylic acids is 4. The van der Waals surface area contributed by atoms with Crippen molar-refractivity contribution in [2.45, 2.75) is 62.3 Å². The van der Waals surface area contributed by atoms with Crippen molar-refractivity contribution < 1.29 is 39.6 Å². The number of carbonyl (C=O) groups excluding carboxylic acids is 4. The minimum atomic E-state index is -1.50. The summed E-state index contributed by atoms with van der Waals surface area (Å²) in [5.74, 6) is -5.86. The van der Waals surface area contributed by atoms with Crippen LogP contribution in [0.4, 0.5) is 0 Å². The number of carbonyl (C=O) groups is 4. The molecule has 0 aliphatic rings. The summed E-state index contributed by atoms with van der Waals surface area (Å²) in [5.41, 5.74) is -0.422. The van der Waals surface area contributed by atoms with Crippen LogP contribution in [0.2, 0.25) is 9.88 Å². The summed E-state index contributed by atoms with van der Waals surface area (Å²) in [7, 11) is 0. The van der Waals surface area contributed by atoms with Crippen molar-refractivity contribution in [1.29, 1.82) is 0 Å². The average molecular weight is 491 g/mol. The fraction of sp³-hybridized carbons (Fsp3) is 0.556. The maximum atomic E-state index is 10.3. The molecule has 0 rings (SSSR count). The van der Waals surface area contributed by atoms with E-state index in [4.69, 9.17) is 0 Å². The third-order valence-electron chi connectivity index (χ3n) is 2.71. The van der Waals surface area contributed by atoms with E-state index in [1.807, 2.05) is 13.8 Å². The van der Waals surface area contributed by atoms with Gasteiger partial charge in [-0.25, -0.2) is 0 Å². The molecule has 4 radical (unpaired) electrons. The fourth-order valence-corrected chi connectivity index (χ4v) is 1.49. The van der Waals surface area contributed by atoms with Gasteiger partial charge in [-0.1, -0.05) is 26.7 Å². The first-order chi connectivity index (χ1) is 12.6. The van der Waals surface area contributed by atoms with Crippen molar-refractivity contribution in [3.8, 4) is 0 Å². The van der Waals surface area contributed by atoms with Crippen LogP contribution in [-0.4, -0.2) is 45.0 Å². The molecular weight excluding hydrogens is 463 g/mol. The second kappa shape index (κ2) is 20.5. The Morgan fingerprint density at radius 3 is 1.11 bits per heavy atom. The molecule has 0 saturated carbocycles. The second-order valence-electron chi connectivity index (χ2n) is 5.47. The predicted molar refractivity (Wildman–Crippen MR) is 95.5 cm³/mol. The molecule has 27 heavy (non-hydrogen) atoms. The number of hydrogen-bond acceptors (Lipinski definition) is 8. The molecule has 8 nitrogen and oxygen atoms in total. The summed E-state index contributed by atoms with van der Waals surface area (Å²) < 4.78 is 0. The zero-order chi connectivity index (χ0) is 21.8. The summed E-state index contributed by atoms with van der Waals surface area (Å²) in [6.07, 6.45) is 4.45. The van der Waals surface area contributed by atoms with Gasteiger partial charge in [0.2, 0.25) is 0 Å². The molecule has 0 aliphatic carbocycles. The molecule has 0 N–H and O–H groups in total. The quantitative estimate of drug-likeness (QED) is 0.239. The van der Waals surface area contributed by atoms with E-state index in [0.29, 0.717) is 25.0 Å². The summed E-state index contributed by atoms with van der Waals surface area (Å²) in [5, 5.41) is 40.5. The second-order valence-corrected chi connectivity index (χ2v) is 9.50. The Morgan fingerprint density at radius 2 is 0.963 bits per heavy atom. The molecule has 0 aromatic heterocycles. The molecule has 0 aliphatic heterocycles. The fourth-order valence-electron chi connectivity index (χ4n) is 1.49. The third kappa shape index (κ3) is 24.2. The average Bonchev–Trinajstić information content (AvgIpc) is 2.55. The van der Waals surface area contributed by atoms with Gasteiger partial charge < -0.3 is 39.6 Å². The molecule has 0 fully saturated rings. The van der Waals surface area contributed by atoms with Crippen LogP contribution in [0.1, 0.15) is 52.4 Å². The topological polar surface area (TPSA) is 161 Å². The maximum absolute atomic E-state index is 10.3. The van der Waals surface area contributed by atoms with E-state index >= 15 is 0 Å². The molecule has 0 amide bonds.